The number of piperazine rings is 1. The van der Waals surface area contributed by atoms with Gasteiger partial charge in [-0.15, -0.1) is 0 Å². The average molecular weight is 380 g/mol. The van der Waals surface area contributed by atoms with E-state index in [-0.39, 0.29) is 6.04 Å². The van der Waals surface area contributed by atoms with Gasteiger partial charge < -0.3 is 14.8 Å². The molecule has 1 heterocycles. The molecule has 0 bridgehead atoms. The van der Waals surface area contributed by atoms with Gasteiger partial charge >= 0.3 is 6.18 Å². The van der Waals surface area contributed by atoms with E-state index in [0.29, 0.717) is 17.1 Å². The number of benzene rings is 2. The van der Waals surface area contributed by atoms with Crippen molar-refractivity contribution in [2.45, 2.75) is 12.2 Å². The molecule has 1 aliphatic rings. The second-order valence-corrected chi connectivity index (χ2v) is 6.43. The lowest BCUT2D eigenvalue weighted by Gasteiger charge is -2.36. The molecule has 0 aliphatic carbocycles. The van der Waals surface area contributed by atoms with Crippen molar-refractivity contribution in [2.75, 3.05) is 40.4 Å². The summed E-state index contributed by atoms with van der Waals surface area (Å²) >= 11 is 0. The lowest BCUT2D eigenvalue weighted by molar-refractivity contribution is -0.137. The highest BCUT2D eigenvalue weighted by Crippen LogP contribution is 2.37. The van der Waals surface area contributed by atoms with Crippen molar-refractivity contribution < 1.29 is 22.6 Å². The van der Waals surface area contributed by atoms with Crippen LogP contribution in [-0.4, -0.2) is 45.3 Å². The maximum Gasteiger partial charge on any atom is 0.416 e. The highest BCUT2D eigenvalue weighted by Gasteiger charge is 2.32. The number of nitrogens with one attached hydrogen (secondary N) is 1. The number of hydrogen-bond donors (Lipinski definition) is 1. The number of ether oxygens (including phenoxy) is 2. The molecule has 1 atom stereocenters. The van der Waals surface area contributed by atoms with Gasteiger partial charge in [-0.05, 0) is 35.4 Å². The first-order valence-corrected chi connectivity index (χ1v) is 8.78. The summed E-state index contributed by atoms with van der Waals surface area (Å²) in [6.07, 6.45) is -4.37. The molecule has 1 aliphatic heterocycles. The van der Waals surface area contributed by atoms with E-state index in [1.807, 2.05) is 12.1 Å². The summed E-state index contributed by atoms with van der Waals surface area (Å²) in [4.78, 5) is 2.19. The van der Waals surface area contributed by atoms with Gasteiger partial charge in [-0.2, -0.15) is 13.2 Å². The second kappa shape index (κ2) is 8.19. The fraction of sp³-hybridized carbons (Fsp3) is 0.400. The number of alkyl halides is 3. The van der Waals surface area contributed by atoms with Crippen LogP contribution in [0.1, 0.15) is 22.7 Å². The van der Waals surface area contributed by atoms with E-state index in [1.54, 1.807) is 26.4 Å². The number of methoxy groups -OCH3 is 2. The minimum Gasteiger partial charge on any atom is -0.493 e. The summed E-state index contributed by atoms with van der Waals surface area (Å²) in [6.45, 7) is 3.08. The average Bonchev–Trinajstić information content (AvgIpc) is 2.68. The van der Waals surface area contributed by atoms with Crippen molar-refractivity contribution in [3.63, 3.8) is 0 Å². The number of nitrogens with zero attached hydrogens (tertiary/aromatic N) is 1. The number of hydrogen-bond acceptors (Lipinski definition) is 4. The normalized spacial score (nSPS) is 16.8. The van der Waals surface area contributed by atoms with Crippen LogP contribution in [-0.2, 0) is 6.18 Å². The van der Waals surface area contributed by atoms with Gasteiger partial charge in [0.2, 0.25) is 0 Å². The summed E-state index contributed by atoms with van der Waals surface area (Å²) in [7, 11) is 3.10. The summed E-state index contributed by atoms with van der Waals surface area (Å²) in [5.41, 5.74) is 0.841. The second-order valence-electron chi connectivity index (χ2n) is 6.43. The number of rotatable bonds is 5. The van der Waals surface area contributed by atoms with E-state index >= 15 is 0 Å². The molecule has 1 saturated heterocycles. The van der Waals surface area contributed by atoms with Crippen LogP contribution in [0.4, 0.5) is 13.2 Å². The first-order chi connectivity index (χ1) is 12.9. The Morgan fingerprint density at radius 1 is 0.926 bits per heavy atom. The lowest BCUT2D eigenvalue weighted by Crippen LogP contribution is -2.45. The minimum atomic E-state index is -4.37. The van der Waals surface area contributed by atoms with Gasteiger partial charge in [0, 0.05) is 26.2 Å². The van der Waals surface area contributed by atoms with E-state index < -0.39 is 11.7 Å². The minimum absolute atomic E-state index is 0.297. The molecule has 1 fully saturated rings. The van der Waals surface area contributed by atoms with Gasteiger partial charge in [-0.1, -0.05) is 18.2 Å². The first kappa shape index (κ1) is 19.5. The fourth-order valence-corrected chi connectivity index (χ4v) is 3.46. The lowest BCUT2D eigenvalue weighted by atomic mass is 9.94. The van der Waals surface area contributed by atoms with Crippen LogP contribution in [0.2, 0.25) is 0 Å². The van der Waals surface area contributed by atoms with Crippen molar-refractivity contribution in [2.24, 2.45) is 0 Å². The maximum atomic E-state index is 13.2. The van der Waals surface area contributed by atoms with E-state index in [4.69, 9.17) is 9.47 Å². The van der Waals surface area contributed by atoms with Gasteiger partial charge in [-0.25, -0.2) is 0 Å². The van der Waals surface area contributed by atoms with Crippen LogP contribution in [0, 0.1) is 0 Å². The van der Waals surface area contributed by atoms with Crippen LogP contribution < -0.4 is 14.8 Å². The molecule has 0 aromatic heterocycles. The molecule has 0 saturated carbocycles. The third kappa shape index (κ3) is 4.36. The molecule has 1 N–H and O–H groups in total. The first-order valence-electron chi connectivity index (χ1n) is 8.78. The van der Waals surface area contributed by atoms with Crippen molar-refractivity contribution in [3.8, 4) is 11.5 Å². The van der Waals surface area contributed by atoms with Gasteiger partial charge in [0.15, 0.2) is 11.5 Å². The molecule has 2 aromatic rings. The molecule has 0 spiro atoms. The third-order valence-corrected chi connectivity index (χ3v) is 4.77. The molecule has 0 radical (unpaired) electrons. The highest BCUT2D eigenvalue weighted by molar-refractivity contribution is 5.46. The van der Waals surface area contributed by atoms with Crippen LogP contribution in [0.5, 0.6) is 11.5 Å². The van der Waals surface area contributed by atoms with Crippen LogP contribution in [0.25, 0.3) is 0 Å². The van der Waals surface area contributed by atoms with Crippen molar-refractivity contribution in [1.82, 2.24) is 10.2 Å². The summed E-state index contributed by atoms with van der Waals surface area (Å²) < 4.78 is 50.4. The molecular formula is C20H23F3N2O2. The van der Waals surface area contributed by atoms with Crippen molar-refractivity contribution >= 4 is 0 Å². The Morgan fingerprint density at radius 2 is 1.59 bits per heavy atom. The van der Waals surface area contributed by atoms with Crippen LogP contribution >= 0.6 is 0 Å². The zero-order valence-corrected chi connectivity index (χ0v) is 15.3. The monoisotopic (exact) mass is 380 g/mol. The molecule has 146 valence electrons. The Bertz CT molecular complexity index is 774. The number of halogens is 3. The molecule has 0 amide bonds. The Morgan fingerprint density at radius 3 is 2.22 bits per heavy atom. The van der Waals surface area contributed by atoms with Crippen LogP contribution in [0.3, 0.4) is 0 Å². The fourth-order valence-electron chi connectivity index (χ4n) is 3.46. The van der Waals surface area contributed by atoms with Crippen molar-refractivity contribution in [3.05, 3.63) is 59.2 Å². The van der Waals surface area contributed by atoms with E-state index in [0.717, 1.165) is 37.8 Å². The predicted molar refractivity (Wildman–Crippen MR) is 97.3 cm³/mol. The van der Waals surface area contributed by atoms with Crippen LogP contribution in [0.15, 0.2) is 42.5 Å². The largest absolute Gasteiger partial charge is 0.493 e. The van der Waals surface area contributed by atoms with E-state index in [9.17, 15) is 13.2 Å². The SMILES string of the molecule is COc1ccc(C(c2cccc(C(F)(F)F)c2)N2CCNCC2)cc1OC. The maximum absolute atomic E-state index is 13.2. The molecule has 2 aromatic carbocycles. The van der Waals surface area contributed by atoms with Gasteiger partial charge in [0.1, 0.15) is 0 Å². The molecule has 4 nitrogen and oxygen atoms in total. The quantitative estimate of drug-likeness (QED) is 0.857. The summed E-state index contributed by atoms with van der Waals surface area (Å²) in [5.74, 6) is 1.14. The molecule has 3 rings (SSSR count). The topological polar surface area (TPSA) is 33.7 Å². The Labute approximate surface area is 156 Å². The predicted octanol–water partition coefficient (Wildman–Crippen LogP) is 3.72. The van der Waals surface area contributed by atoms with Gasteiger partial charge in [0.05, 0.1) is 25.8 Å². The molecule has 7 heteroatoms. The standard InChI is InChI=1S/C20H23F3N2O2/c1-26-17-7-6-15(13-18(17)27-2)19(25-10-8-24-9-11-25)14-4-3-5-16(12-14)20(21,22)23/h3-7,12-13,19,24H,8-11H2,1-2H3. The molecular weight excluding hydrogens is 357 g/mol. The van der Waals surface area contributed by atoms with Crippen molar-refractivity contribution in [1.29, 1.82) is 0 Å². The summed E-state index contributed by atoms with van der Waals surface area (Å²) in [5, 5.41) is 3.28. The smallest absolute Gasteiger partial charge is 0.416 e. The molecule has 27 heavy (non-hydrogen) atoms. The Kier molecular flexibility index (Phi) is 5.92. The zero-order chi connectivity index (χ0) is 19.4. The van der Waals surface area contributed by atoms with Gasteiger partial charge in [-0.3, -0.25) is 4.90 Å². The Hall–Kier alpha value is -2.25. The Balaban J connectivity index is 2.07. The highest BCUT2D eigenvalue weighted by atomic mass is 19.4. The summed E-state index contributed by atoms with van der Waals surface area (Å²) in [6, 6.07) is 10.8. The third-order valence-electron chi connectivity index (χ3n) is 4.77. The zero-order valence-electron chi connectivity index (χ0n) is 15.3. The van der Waals surface area contributed by atoms with E-state index in [2.05, 4.69) is 10.2 Å². The molecule has 1 unspecified atom stereocenters. The van der Waals surface area contributed by atoms with E-state index in [1.165, 1.54) is 12.1 Å². The van der Waals surface area contributed by atoms with Gasteiger partial charge in [0.25, 0.3) is 0 Å².